The third kappa shape index (κ3) is 2.85. The van der Waals surface area contributed by atoms with Gasteiger partial charge in [0.1, 0.15) is 5.82 Å². The van der Waals surface area contributed by atoms with Gasteiger partial charge < -0.3 is 5.11 Å². The summed E-state index contributed by atoms with van der Waals surface area (Å²) in [5, 5.41) is 13.4. The second kappa shape index (κ2) is 5.68. The molecular weight excluding hydrogens is 295 g/mol. The number of carbonyl (C=O) groups is 1. The summed E-state index contributed by atoms with van der Waals surface area (Å²) in [6, 6.07) is 13.8. The van der Waals surface area contributed by atoms with Gasteiger partial charge >= 0.3 is 5.97 Å². The lowest BCUT2D eigenvalue weighted by Crippen LogP contribution is -2.02. The van der Waals surface area contributed by atoms with Crippen LogP contribution in [0.25, 0.3) is 16.9 Å². The van der Waals surface area contributed by atoms with E-state index in [2.05, 4.69) is 5.10 Å². The fraction of sp³-hybridized carbons (Fsp3) is 0.111. The molecule has 1 aromatic heterocycles. The summed E-state index contributed by atoms with van der Waals surface area (Å²) in [6.45, 7) is 3.62. The van der Waals surface area contributed by atoms with E-state index in [-0.39, 0.29) is 11.5 Å². The van der Waals surface area contributed by atoms with E-state index in [9.17, 15) is 14.3 Å². The van der Waals surface area contributed by atoms with Gasteiger partial charge in [-0.05, 0) is 61.4 Å². The molecule has 0 aliphatic carbocycles. The van der Waals surface area contributed by atoms with Crippen molar-refractivity contribution in [3.63, 3.8) is 0 Å². The molecule has 0 saturated carbocycles. The van der Waals surface area contributed by atoms with Crippen molar-refractivity contribution in [1.82, 2.24) is 9.78 Å². The summed E-state index contributed by atoms with van der Waals surface area (Å²) in [5.41, 5.74) is 3.56. The van der Waals surface area contributed by atoms with Gasteiger partial charge in [0.25, 0.3) is 0 Å². The highest BCUT2D eigenvalue weighted by Gasteiger charge is 2.16. The predicted octanol–water partition coefficient (Wildman–Crippen LogP) is 3.99. The molecule has 23 heavy (non-hydrogen) atoms. The van der Waals surface area contributed by atoms with E-state index in [0.29, 0.717) is 16.8 Å². The van der Waals surface area contributed by atoms with Gasteiger partial charge in [-0.15, -0.1) is 0 Å². The summed E-state index contributed by atoms with van der Waals surface area (Å²) in [5.74, 6) is -1.40. The Hall–Kier alpha value is -2.95. The molecule has 0 unspecified atom stereocenters. The Bertz CT molecular complexity index is 900. The topological polar surface area (TPSA) is 55.1 Å². The highest BCUT2D eigenvalue weighted by atomic mass is 19.1. The number of aromatic carboxylic acids is 1. The van der Waals surface area contributed by atoms with E-state index in [4.69, 9.17) is 0 Å². The van der Waals surface area contributed by atoms with Gasteiger partial charge in [0.15, 0.2) is 5.69 Å². The fourth-order valence-electron chi connectivity index (χ4n) is 2.45. The van der Waals surface area contributed by atoms with Crippen molar-refractivity contribution in [2.24, 2.45) is 0 Å². The number of halogens is 1. The Morgan fingerprint density at radius 1 is 1.13 bits per heavy atom. The monoisotopic (exact) mass is 310 g/mol. The van der Waals surface area contributed by atoms with Crippen molar-refractivity contribution in [3.05, 3.63) is 71.2 Å². The number of carboxylic acid groups (broad SMARTS) is 1. The second-order valence-electron chi connectivity index (χ2n) is 5.43. The largest absolute Gasteiger partial charge is 0.476 e. The molecule has 0 bridgehead atoms. The first-order chi connectivity index (χ1) is 11.0. The predicted molar refractivity (Wildman–Crippen MR) is 85.4 cm³/mol. The minimum Gasteiger partial charge on any atom is -0.476 e. The molecule has 0 spiro atoms. The second-order valence-corrected chi connectivity index (χ2v) is 5.43. The average Bonchev–Trinajstić information content (AvgIpc) is 2.95. The first-order valence-corrected chi connectivity index (χ1v) is 7.12. The van der Waals surface area contributed by atoms with E-state index in [1.54, 1.807) is 23.7 Å². The summed E-state index contributed by atoms with van der Waals surface area (Å²) in [6.07, 6.45) is 0. The number of aromatic nitrogens is 2. The Morgan fingerprint density at radius 2 is 1.91 bits per heavy atom. The van der Waals surface area contributed by atoms with E-state index >= 15 is 0 Å². The van der Waals surface area contributed by atoms with Crippen LogP contribution in [0.4, 0.5) is 4.39 Å². The maximum Gasteiger partial charge on any atom is 0.356 e. The number of hydrogen-bond acceptors (Lipinski definition) is 2. The molecule has 0 aliphatic heterocycles. The van der Waals surface area contributed by atoms with Crippen LogP contribution in [0.5, 0.6) is 0 Å². The molecule has 3 aromatic rings. The maximum absolute atomic E-state index is 13.5. The Labute approximate surface area is 132 Å². The Morgan fingerprint density at radius 3 is 2.57 bits per heavy atom. The zero-order valence-electron chi connectivity index (χ0n) is 12.7. The van der Waals surface area contributed by atoms with Crippen LogP contribution in [0.15, 0.2) is 48.5 Å². The van der Waals surface area contributed by atoms with Crippen LogP contribution < -0.4 is 0 Å². The van der Waals surface area contributed by atoms with Gasteiger partial charge in [-0.3, -0.25) is 0 Å². The molecule has 0 atom stereocenters. The molecule has 1 N–H and O–H groups in total. The van der Waals surface area contributed by atoms with Crippen LogP contribution in [0.3, 0.4) is 0 Å². The SMILES string of the molecule is Cc1cccc(-n2nc(C(=O)O)cc2-c2ccc(F)c(C)c2)c1. The van der Waals surface area contributed by atoms with E-state index in [1.165, 1.54) is 12.1 Å². The number of nitrogens with zero attached hydrogens (tertiary/aromatic N) is 2. The molecule has 0 amide bonds. The van der Waals surface area contributed by atoms with Gasteiger partial charge in [0.2, 0.25) is 0 Å². The molecule has 0 saturated heterocycles. The highest BCUT2D eigenvalue weighted by molar-refractivity contribution is 5.87. The Balaban J connectivity index is 2.22. The smallest absolute Gasteiger partial charge is 0.356 e. The minimum atomic E-state index is -1.10. The van der Waals surface area contributed by atoms with Gasteiger partial charge in [-0.2, -0.15) is 5.10 Å². The van der Waals surface area contributed by atoms with Crippen LogP contribution >= 0.6 is 0 Å². The molecule has 116 valence electrons. The van der Waals surface area contributed by atoms with Crippen LogP contribution in [0.2, 0.25) is 0 Å². The van der Waals surface area contributed by atoms with Crippen molar-refractivity contribution in [3.8, 4) is 16.9 Å². The summed E-state index contributed by atoms with van der Waals surface area (Å²) >= 11 is 0. The summed E-state index contributed by atoms with van der Waals surface area (Å²) < 4.78 is 15.1. The summed E-state index contributed by atoms with van der Waals surface area (Å²) in [4.78, 5) is 11.3. The number of carboxylic acids is 1. The van der Waals surface area contributed by atoms with Crippen molar-refractivity contribution in [2.45, 2.75) is 13.8 Å². The van der Waals surface area contributed by atoms with Crippen molar-refractivity contribution in [1.29, 1.82) is 0 Å². The zero-order valence-corrected chi connectivity index (χ0v) is 12.7. The molecule has 4 nitrogen and oxygen atoms in total. The number of benzene rings is 2. The lowest BCUT2D eigenvalue weighted by Gasteiger charge is -2.09. The molecular formula is C18H15FN2O2. The fourth-order valence-corrected chi connectivity index (χ4v) is 2.45. The standard InChI is InChI=1S/C18H15FN2O2/c1-11-4-3-5-14(8-11)21-17(10-16(20-21)18(22)23)13-6-7-15(19)12(2)9-13/h3-10H,1-2H3,(H,22,23). The van der Waals surface area contributed by atoms with Crippen molar-refractivity contribution < 1.29 is 14.3 Å². The molecule has 1 heterocycles. The van der Waals surface area contributed by atoms with Gasteiger partial charge in [-0.1, -0.05) is 12.1 Å². The average molecular weight is 310 g/mol. The summed E-state index contributed by atoms with van der Waals surface area (Å²) in [7, 11) is 0. The van der Waals surface area contributed by atoms with Crippen LogP contribution in [-0.4, -0.2) is 20.9 Å². The van der Waals surface area contributed by atoms with E-state index in [1.807, 2.05) is 31.2 Å². The Kier molecular flexibility index (Phi) is 3.70. The van der Waals surface area contributed by atoms with Gasteiger partial charge in [0, 0.05) is 5.56 Å². The zero-order chi connectivity index (χ0) is 16.6. The minimum absolute atomic E-state index is 0.0523. The number of hydrogen-bond donors (Lipinski definition) is 1. The molecule has 0 radical (unpaired) electrons. The first-order valence-electron chi connectivity index (χ1n) is 7.12. The van der Waals surface area contributed by atoms with E-state index < -0.39 is 5.97 Å². The third-order valence-corrected chi connectivity index (χ3v) is 3.63. The highest BCUT2D eigenvalue weighted by Crippen LogP contribution is 2.26. The third-order valence-electron chi connectivity index (χ3n) is 3.63. The van der Waals surface area contributed by atoms with Gasteiger partial charge in [-0.25, -0.2) is 13.9 Å². The molecule has 2 aromatic carbocycles. The van der Waals surface area contributed by atoms with E-state index in [0.717, 1.165) is 11.3 Å². The molecule has 5 heteroatoms. The number of aryl methyl sites for hydroxylation is 2. The first kappa shape index (κ1) is 15.0. The maximum atomic E-state index is 13.5. The van der Waals surface area contributed by atoms with Crippen molar-refractivity contribution >= 4 is 5.97 Å². The lowest BCUT2D eigenvalue weighted by atomic mass is 10.1. The van der Waals surface area contributed by atoms with Crippen molar-refractivity contribution in [2.75, 3.05) is 0 Å². The van der Waals surface area contributed by atoms with Crippen LogP contribution in [0, 0.1) is 19.7 Å². The number of rotatable bonds is 3. The van der Waals surface area contributed by atoms with Crippen LogP contribution in [-0.2, 0) is 0 Å². The van der Waals surface area contributed by atoms with Gasteiger partial charge in [0.05, 0.1) is 11.4 Å². The molecule has 0 aliphatic rings. The normalized spacial score (nSPS) is 10.7. The lowest BCUT2D eigenvalue weighted by molar-refractivity contribution is 0.0690. The quantitative estimate of drug-likeness (QED) is 0.795. The molecule has 3 rings (SSSR count). The molecule has 0 fully saturated rings. The van der Waals surface area contributed by atoms with Crippen LogP contribution in [0.1, 0.15) is 21.6 Å².